The fraction of sp³-hybridized carbons (Fsp3) is 0.167. The molecule has 0 saturated carbocycles. The van der Waals surface area contributed by atoms with Gasteiger partial charge in [-0.05, 0) is 36.8 Å². The maximum absolute atomic E-state index is 12.3. The van der Waals surface area contributed by atoms with Crippen LogP contribution in [0.5, 0.6) is 5.75 Å². The molecule has 0 atom stereocenters. The summed E-state index contributed by atoms with van der Waals surface area (Å²) in [6.07, 6.45) is 0.211. The van der Waals surface area contributed by atoms with Gasteiger partial charge in [-0.2, -0.15) is 10.5 Å². The number of ether oxygens (including phenoxy) is 1. The molecule has 3 N–H and O–H groups in total. The molecule has 0 fully saturated rings. The Kier molecular flexibility index (Phi) is 7.33. The molecule has 0 aliphatic carbocycles. The second-order valence-electron chi connectivity index (χ2n) is 6.89. The van der Waals surface area contributed by atoms with Gasteiger partial charge >= 0.3 is 0 Å². The van der Waals surface area contributed by atoms with Crippen LogP contribution < -0.4 is 15.8 Å². The zero-order valence-electron chi connectivity index (χ0n) is 17.7. The average Bonchev–Trinajstić information content (AvgIpc) is 2.79. The van der Waals surface area contributed by atoms with E-state index < -0.39 is 0 Å². The first-order valence-electron chi connectivity index (χ1n) is 9.74. The number of benzene rings is 2. The van der Waals surface area contributed by atoms with Crippen LogP contribution in [-0.2, 0) is 4.79 Å². The summed E-state index contributed by atoms with van der Waals surface area (Å²) in [5, 5.41) is 22.6. The number of rotatable bonds is 7. The van der Waals surface area contributed by atoms with Crippen molar-refractivity contribution in [3.63, 3.8) is 0 Å². The second-order valence-corrected chi connectivity index (χ2v) is 7.98. The number of nitrogens with zero attached hydrogens (tertiary/aromatic N) is 3. The van der Waals surface area contributed by atoms with Crippen molar-refractivity contribution in [2.45, 2.75) is 18.4 Å². The predicted molar refractivity (Wildman–Crippen MR) is 125 cm³/mol. The lowest BCUT2D eigenvalue weighted by atomic mass is 9.96. The van der Waals surface area contributed by atoms with Crippen LogP contribution in [0.15, 0.2) is 53.6 Å². The summed E-state index contributed by atoms with van der Waals surface area (Å²) >= 11 is 1.26. The van der Waals surface area contributed by atoms with Crippen molar-refractivity contribution in [1.82, 2.24) is 4.98 Å². The predicted octanol–water partition coefficient (Wildman–Crippen LogP) is 4.51. The number of nitriles is 2. The summed E-state index contributed by atoms with van der Waals surface area (Å²) in [6, 6.07) is 18.8. The van der Waals surface area contributed by atoms with Gasteiger partial charge in [-0.3, -0.25) is 4.79 Å². The molecule has 1 aromatic heterocycles. The number of aromatic nitrogens is 1. The molecule has 1 amide bonds. The molecule has 3 aromatic rings. The molecule has 2 aromatic carbocycles. The molecule has 0 spiro atoms. The lowest BCUT2D eigenvalue weighted by Gasteiger charge is -2.13. The van der Waals surface area contributed by atoms with Crippen LogP contribution in [0.1, 0.15) is 23.1 Å². The van der Waals surface area contributed by atoms with Gasteiger partial charge in [0.2, 0.25) is 5.91 Å². The van der Waals surface area contributed by atoms with Gasteiger partial charge in [-0.25, -0.2) is 4.98 Å². The molecule has 0 aliphatic heterocycles. The number of carbonyl (C=O) groups excluding carboxylic acids is 1. The van der Waals surface area contributed by atoms with E-state index in [2.05, 4.69) is 22.4 Å². The van der Waals surface area contributed by atoms with E-state index in [1.165, 1.54) is 11.8 Å². The maximum atomic E-state index is 12.3. The van der Waals surface area contributed by atoms with Crippen molar-refractivity contribution < 1.29 is 9.53 Å². The summed E-state index contributed by atoms with van der Waals surface area (Å²) in [4.78, 5) is 16.6. The number of aryl methyl sites for hydroxylation is 1. The van der Waals surface area contributed by atoms with Crippen molar-refractivity contribution in [2.75, 3.05) is 23.9 Å². The number of amides is 1. The Labute approximate surface area is 190 Å². The van der Waals surface area contributed by atoms with Gasteiger partial charge in [0.25, 0.3) is 0 Å². The number of carbonyl (C=O) groups is 1. The van der Waals surface area contributed by atoms with E-state index >= 15 is 0 Å². The first-order chi connectivity index (χ1) is 15.5. The van der Waals surface area contributed by atoms with Crippen LogP contribution in [0.3, 0.4) is 0 Å². The lowest BCUT2D eigenvalue weighted by Crippen LogP contribution is -2.12. The van der Waals surface area contributed by atoms with Gasteiger partial charge in [0.05, 0.1) is 12.7 Å². The summed E-state index contributed by atoms with van der Waals surface area (Å²) < 4.78 is 5.10. The second kappa shape index (κ2) is 10.3. The third-order valence-corrected chi connectivity index (χ3v) is 5.67. The zero-order valence-corrected chi connectivity index (χ0v) is 18.5. The number of hydrogen-bond donors (Lipinski definition) is 2. The van der Waals surface area contributed by atoms with Crippen molar-refractivity contribution >= 4 is 29.2 Å². The SMILES string of the molecule is COc1ccc(NC(=O)CCSc2nc(N)c(C#N)c(-c3ccc(C)cc3)c2C#N)cc1. The van der Waals surface area contributed by atoms with Gasteiger partial charge < -0.3 is 15.8 Å². The van der Waals surface area contributed by atoms with Gasteiger partial charge in [-0.1, -0.05) is 29.8 Å². The Morgan fingerprint density at radius 2 is 1.75 bits per heavy atom. The number of nitrogen functional groups attached to an aromatic ring is 1. The van der Waals surface area contributed by atoms with Crippen molar-refractivity contribution in [3.8, 4) is 29.0 Å². The number of hydrogen-bond acceptors (Lipinski definition) is 7. The first-order valence-corrected chi connectivity index (χ1v) is 10.7. The summed E-state index contributed by atoms with van der Waals surface area (Å²) in [5.74, 6) is 0.993. The van der Waals surface area contributed by atoms with Crippen LogP contribution >= 0.6 is 11.8 Å². The molecule has 0 saturated heterocycles. The van der Waals surface area contributed by atoms with Crippen LogP contribution in [0.25, 0.3) is 11.1 Å². The Hall–Kier alpha value is -4.01. The quantitative estimate of drug-likeness (QED) is 0.515. The highest BCUT2D eigenvalue weighted by Gasteiger charge is 2.20. The molecule has 32 heavy (non-hydrogen) atoms. The number of anilines is 2. The van der Waals surface area contributed by atoms with Crippen LogP contribution in [-0.4, -0.2) is 23.8 Å². The maximum Gasteiger partial charge on any atom is 0.225 e. The number of thioether (sulfide) groups is 1. The third kappa shape index (κ3) is 5.18. The number of pyridine rings is 1. The molecular weight excluding hydrogens is 422 g/mol. The van der Waals surface area contributed by atoms with Gasteiger partial charge in [0.1, 0.15) is 34.3 Å². The van der Waals surface area contributed by atoms with Gasteiger partial charge in [-0.15, -0.1) is 11.8 Å². The summed E-state index contributed by atoms with van der Waals surface area (Å²) in [5.41, 5.74) is 9.40. The Morgan fingerprint density at radius 1 is 1.09 bits per heavy atom. The Balaban J connectivity index is 1.77. The molecule has 0 bridgehead atoms. The fourth-order valence-corrected chi connectivity index (χ4v) is 3.99. The number of nitrogens with one attached hydrogen (secondary N) is 1. The normalized spacial score (nSPS) is 10.1. The van der Waals surface area contributed by atoms with Gasteiger partial charge in [0.15, 0.2) is 0 Å². The molecule has 1 heterocycles. The highest BCUT2D eigenvalue weighted by molar-refractivity contribution is 7.99. The average molecular weight is 444 g/mol. The molecule has 7 nitrogen and oxygen atoms in total. The molecule has 8 heteroatoms. The highest BCUT2D eigenvalue weighted by Crippen LogP contribution is 2.35. The lowest BCUT2D eigenvalue weighted by molar-refractivity contribution is -0.115. The van der Waals surface area contributed by atoms with E-state index in [9.17, 15) is 15.3 Å². The fourth-order valence-electron chi connectivity index (χ4n) is 3.05. The third-order valence-electron chi connectivity index (χ3n) is 4.70. The van der Waals surface area contributed by atoms with Crippen molar-refractivity contribution in [1.29, 1.82) is 10.5 Å². The standard InChI is InChI=1S/C24H21N5O2S/c1-15-3-5-16(6-4-15)22-19(13-25)23(27)29-24(20(22)14-26)32-12-11-21(30)28-17-7-9-18(31-2)10-8-17/h3-10H,11-12H2,1-2H3,(H2,27,29)(H,28,30). The Morgan fingerprint density at radius 3 is 2.34 bits per heavy atom. The minimum atomic E-state index is -0.165. The van der Waals surface area contributed by atoms with E-state index in [0.717, 1.165) is 11.1 Å². The first kappa shape index (κ1) is 22.7. The summed E-state index contributed by atoms with van der Waals surface area (Å²) in [7, 11) is 1.58. The van der Waals surface area contributed by atoms with E-state index in [4.69, 9.17) is 10.5 Å². The van der Waals surface area contributed by atoms with Gasteiger partial charge in [0, 0.05) is 23.4 Å². The largest absolute Gasteiger partial charge is 0.497 e. The number of methoxy groups -OCH3 is 1. The minimum Gasteiger partial charge on any atom is -0.497 e. The minimum absolute atomic E-state index is 0.0623. The van der Waals surface area contributed by atoms with E-state index in [1.807, 2.05) is 31.2 Å². The van der Waals surface area contributed by atoms with E-state index in [-0.39, 0.29) is 29.3 Å². The highest BCUT2D eigenvalue weighted by atomic mass is 32.2. The van der Waals surface area contributed by atoms with Crippen molar-refractivity contribution in [3.05, 3.63) is 65.2 Å². The molecule has 0 aliphatic rings. The summed E-state index contributed by atoms with van der Waals surface area (Å²) in [6.45, 7) is 1.96. The van der Waals surface area contributed by atoms with E-state index in [0.29, 0.717) is 27.8 Å². The molecule has 0 unspecified atom stereocenters. The van der Waals surface area contributed by atoms with Crippen LogP contribution in [0.4, 0.5) is 11.5 Å². The smallest absolute Gasteiger partial charge is 0.225 e. The zero-order chi connectivity index (χ0) is 23.1. The van der Waals surface area contributed by atoms with E-state index in [1.54, 1.807) is 31.4 Å². The molecular formula is C24H21N5O2S. The molecule has 160 valence electrons. The van der Waals surface area contributed by atoms with Crippen LogP contribution in [0.2, 0.25) is 0 Å². The topological polar surface area (TPSA) is 125 Å². The Bertz CT molecular complexity index is 1210. The van der Waals surface area contributed by atoms with Crippen LogP contribution in [0, 0.1) is 29.6 Å². The molecule has 3 rings (SSSR count). The monoisotopic (exact) mass is 443 g/mol. The number of nitrogens with two attached hydrogens (primary N) is 1. The molecule has 0 radical (unpaired) electrons. The van der Waals surface area contributed by atoms with Crippen molar-refractivity contribution in [2.24, 2.45) is 0 Å².